The Kier molecular flexibility index (Phi) is 4.44. The number of hydrogen-bond acceptors (Lipinski definition) is 4. The van der Waals surface area contributed by atoms with Gasteiger partial charge in [0, 0.05) is 35.8 Å². The molecular weight excluding hydrogens is 340 g/mol. The van der Waals surface area contributed by atoms with E-state index in [4.69, 9.17) is 0 Å². The molecule has 2 atom stereocenters. The predicted molar refractivity (Wildman–Crippen MR) is 104 cm³/mol. The van der Waals surface area contributed by atoms with Gasteiger partial charge in [0.15, 0.2) is 0 Å². The molecule has 6 nitrogen and oxygen atoms in total. The van der Waals surface area contributed by atoms with Crippen LogP contribution >= 0.6 is 0 Å². The van der Waals surface area contributed by atoms with Crippen LogP contribution < -0.4 is 0 Å². The maximum Gasteiger partial charge on any atom is 0.254 e. The van der Waals surface area contributed by atoms with E-state index in [2.05, 4.69) is 15.2 Å². The lowest BCUT2D eigenvalue weighted by molar-refractivity contribution is 0.0766. The van der Waals surface area contributed by atoms with Crippen LogP contribution in [-0.2, 0) is 6.42 Å². The molecule has 0 aliphatic carbocycles. The molecule has 0 bridgehead atoms. The molecule has 3 heterocycles. The number of carbonyl (C=O) groups excluding carboxylic acids is 1. The Morgan fingerprint density at radius 3 is 2.78 bits per heavy atom. The minimum absolute atomic E-state index is 0.00640. The molecule has 0 unspecified atom stereocenters. The summed E-state index contributed by atoms with van der Waals surface area (Å²) in [6.45, 7) is 6.75. The largest absolute Gasteiger partial charge is 0.391 e. The van der Waals surface area contributed by atoms with Crippen molar-refractivity contribution in [2.45, 2.75) is 33.3 Å². The van der Waals surface area contributed by atoms with Gasteiger partial charge in [-0.15, -0.1) is 0 Å². The van der Waals surface area contributed by atoms with E-state index in [0.29, 0.717) is 25.1 Å². The van der Waals surface area contributed by atoms with Gasteiger partial charge in [-0.05, 0) is 51.0 Å². The number of aromatic nitrogens is 3. The summed E-state index contributed by atoms with van der Waals surface area (Å²) in [5.41, 5.74) is 5.35. The highest BCUT2D eigenvalue weighted by Crippen LogP contribution is 2.26. The zero-order valence-electron chi connectivity index (χ0n) is 15.9. The van der Waals surface area contributed by atoms with Crippen molar-refractivity contribution in [1.29, 1.82) is 0 Å². The van der Waals surface area contributed by atoms with Crippen molar-refractivity contribution >= 4 is 16.8 Å². The Bertz CT molecular complexity index is 1010. The molecule has 2 aromatic heterocycles. The Hall–Kier alpha value is -2.73. The number of amides is 1. The Labute approximate surface area is 158 Å². The van der Waals surface area contributed by atoms with Gasteiger partial charge in [-0.1, -0.05) is 12.1 Å². The average molecular weight is 364 g/mol. The van der Waals surface area contributed by atoms with Crippen LogP contribution in [0.5, 0.6) is 0 Å². The number of β-amino-alcohol motifs (C(OH)–C–C–N with tert-alkyl or cyclic N) is 1. The second kappa shape index (κ2) is 6.78. The highest BCUT2D eigenvalue weighted by atomic mass is 16.3. The van der Waals surface area contributed by atoms with Crippen molar-refractivity contribution in [1.82, 2.24) is 20.1 Å². The quantitative estimate of drug-likeness (QED) is 0.748. The zero-order valence-corrected chi connectivity index (χ0v) is 15.9. The summed E-state index contributed by atoms with van der Waals surface area (Å²) in [6, 6.07) is 9.79. The molecule has 0 saturated carbocycles. The molecule has 1 aliphatic heterocycles. The van der Waals surface area contributed by atoms with Gasteiger partial charge in [0.05, 0.1) is 22.9 Å². The third-order valence-corrected chi connectivity index (χ3v) is 5.25. The number of likely N-dealkylation sites (tertiary alicyclic amines) is 1. The Morgan fingerprint density at radius 1 is 1.22 bits per heavy atom. The van der Waals surface area contributed by atoms with Crippen molar-refractivity contribution in [3.8, 4) is 0 Å². The fourth-order valence-corrected chi connectivity index (χ4v) is 3.89. The van der Waals surface area contributed by atoms with Crippen molar-refractivity contribution in [2.75, 3.05) is 13.1 Å². The first-order chi connectivity index (χ1) is 12.9. The fourth-order valence-electron chi connectivity index (χ4n) is 3.89. The summed E-state index contributed by atoms with van der Waals surface area (Å²) in [4.78, 5) is 19.5. The van der Waals surface area contributed by atoms with Gasteiger partial charge in [0.1, 0.15) is 0 Å². The van der Waals surface area contributed by atoms with Crippen LogP contribution in [0.4, 0.5) is 0 Å². The number of H-pyrrole nitrogens is 1. The highest BCUT2D eigenvalue weighted by molar-refractivity contribution is 6.06. The zero-order chi connectivity index (χ0) is 19.1. The summed E-state index contributed by atoms with van der Waals surface area (Å²) in [7, 11) is 0. The smallest absolute Gasteiger partial charge is 0.254 e. The van der Waals surface area contributed by atoms with Crippen LogP contribution in [0.15, 0.2) is 30.3 Å². The number of aromatic amines is 1. The van der Waals surface area contributed by atoms with Gasteiger partial charge in [-0.2, -0.15) is 5.10 Å². The number of carbonyl (C=O) groups is 1. The molecule has 1 amide bonds. The summed E-state index contributed by atoms with van der Waals surface area (Å²) in [5.74, 6) is -0.0535. The van der Waals surface area contributed by atoms with Gasteiger partial charge in [0.2, 0.25) is 0 Å². The number of benzene rings is 1. The number of nitrogens with zero attached hydrogens (tertiary/aromatic N) is 3. The molecule has 0 radical (unpaired) electrons. The van der Waals surface area contributed by atoms with Gasteiger partial charge in [0.25, 0.3) is 5.91 Å². The second-order valence-electron chi connectivity index (χ2n) is 7.62. The SMILES string of the molecule is Cc1ccc2c(C(=O)N3C[C@@H](Cc4cc(C)[nH]n4)[C@H](O)C3)cc(C)nc2c1. The van der Waals surface area contributed by atoms with Crippen LogP contribution in [-0.4, -0.2) is 50.3 Å². The molecule has 4 rings (SSSR count). The lowest BCUT2D eigenvalue weighted by Gasteiger charge is -2.18. The van der Waals surface area contributed by atoms with Crippen molar-refractivity contribution in [3.05, 3.63) is 58.5 Å². The third-order valence-electron chi connectivity index (χ3n) is 5.25. The molecule has 2 N–H and O–H groups in total. The van der Waals surface area contributed by atoms with E-state index in [-0.39, 0.29) is 11.8 Å². The van der Waals surface area contributed by atoms with E-state index < -0.39 is 6.10 Å². The van der Waals surface area contributed by atoms with Crippen molar-refractivity contribution in [2.24, 2.45) is 5.92 Å². The molecule has 140 valence electrons. The number of fused-ring (bicyclic) bond motifs is 1. The molecule has 1 saturated heterocycles. The van der Waals surface area contributed by atoms with Gasteiger partial charge < -0.3 is 10.0 Å². The molecule has 6 heteroatoms. The standard InChI is InChI=1S/C21H24N4O2/c1-12-4-5-17-18(8-13(2)22-19(17)6-12)21(27)25-10-15(20(26)11-25)9-16-7-14(3)23-24-16/h4-8,15,20,26H,9-11H2,1-3H3,(H,23,24)/t15-,20-/m1/s1. The summed E-state index contributed by atoms with van der Waals surface area (Å²) >= 11 is 0. The van der Waals surface area contributed by atoms with E-state index >= 15 is 0 Å². The lowest BCUT2D eigenvalue weighted by atomic mass is 10.00. The van der Waals surface area contributed by atoms with Crippen LogP contribution in [0.25, 0.3) is 10.9 Å². The second-order valence-corrected chi connectivity index (χ2v) is 7.62. The summed E-state index contributed by atoms with van der Waals surface area (Å²) in [5, 5.41) is 18.5. The molecule has 1 fully saturated rings. The fraction of sp³-hybridized carbons (Fsp3) is 0.381. The van der Waals surface area contributed by atoms with Gasteiger partial charge >= 0.3 is 0 Å². The number of hydrogen-bond donors (Lipinski definition) is 2. The minimum atomic E-state index is -0.539. The molecule has 1 aromatic carbocycles. The van der Waals surface area contributed by atoms with E-state index in [1.165, 1.54) is 0 Å². The first-order valence-corrected chi connectivity index (χ1v) is 9.27. The van der Waals surface area contributed by atoms with E-state index in [1.54, 1.807) is 4.90 Å². The van der Waals surface area contributed by atoms with Crippen molar-refractivity contribution in [3.63, 3.8) is 0 Å². The number of pyridine rings is 1. The van der Waals surface area contributed by atoms with Crippen molar-refractivity contribution < 1.29 is 9.90 Å². The molecule has 27 heavy (non-hydrogen) atoms. The minimum Gasteiger partial charge on any atom is -0.391 e. The van der Waals surface area contributed by atoms with Crippen LogP contribution in [0.2, 0.25) is 0 Å². The molecule has 3 aromatic rings. The van der Waals surface area contributed by atoms with Crippen LogP contribution in [0.1, 0.15) is 33.0 Å². The Balaban J connectivity index is 1.59. The highest BCUT2D eigenvalue weighted by Gasteiger charge is 2.35. The average Bonchev–Trinajstić information content (AvgIpc) is 3.19. The van der Waals surface area contributed by atoms with E-state index in [0.717, 1.165) is 33.5 Å². The number of aliphatic hydroxyl groups is 1. The summed E-state index contributed by atoms with van der Waals surface area (Å²) < 4.78 is 0. The molecule has 1 aliphatic rings. The number of aryl methyl sites for hydroxylation is 3. The first-order valence-electron chi connectivity index (χ1n) is 9.27. The van der Waals surface area contributed by atoms with Gasteiger partial charge in [-0.25, -0.2) is 0 Å². The number of nitrogens with one attached hydrogen (secondary N) is 1. The Morgan fingerprint density at radius 2 is 2.04 bits per heavy atom. The van der Waals surface area contributed by atoms with Crippen LogP contribution in [0.3, 0.4) is 0 Å². The molecular formula is C21H24N4O2. The lowest BCUT2D eigenvalue weighted by Crippen LogP contribution is -2.30. The maximum absolute atomic E-state index is 13.2. The van der Waals surface area contributed by atoms with E-state index in [9.17, 15) is 9.90 Å². The monoisotopic (exact) mass is 364 g/mol. The predicted octanol–water partition coefficient (Wildman–Crippen LogP) is 2.56. The molecule has 0 spiro atoms. The maximum atomic E-state index is 13.2. The summed E-state index contributed by atoms with van der Waals surface area (Å²) in [6.07, 6.45) is 0.118. The van der Waals surface area contributed by atoms with Gasteiger partial charge in [-0.3, -0.25) is 14.9 Å². The third kappa shape index (κ3) is 3.45. The number of rotatable bonds is 3. The normalized spacial score (nSPS) is 19.8. The topological polar surface area (TPSA) is 82.1 Å². The first kappa shape index (κ1) is 17.7. The van der Waals surface area contributed by atoms with E-state index in [1.807, 2.05) is 51.1 Å². The number of aliphatic hydroxyl groups excluding tert-OH is 1. The van der Waals surface area contributed by atoms with Crippen LogP contribution in [0, 0.1) is 26.7 Å².